The smallest absolute Gasteiger partial charge is 0.377 e. The summed E-state index contributed by atoms with van der Waals surface area (Å²) < 4.78 is 11.0. The van der Waals surface area contributed by atoms with Crippen molar-refractivity contribution < 1.29 is 18.8 Å². The topological polar surface area (TPSA) is 154 Å². The van der Waals surface area contributed by atoms with Crippen molar-refractivity contribution in [1.82, 2.24) is 14.7 Å². The second-order valence-corrected chi connectivity index (χ2v) is 7.02. The van der Waals surface area contributed by atoms with Crippen LogP contribution in [0.4, 0.5) is 11.5 Å². The minimum Gasteiger partial charge on any atom is -0.450 e. The average molecular weight is 441 g/mol. The first-order valence-corrected chi connectivity index (χ1v) is 9.89. The number of H-pyrrole nitrogens is 1. The van der Waals surface area contributed by atoms with E-state index < -0.39 is 29.7 Å². The zero-order chi connectivity index (χ0) is 23.3. The van der Waals surface area contributed by atoms with Gasteiger partial charge in [0.25, 0.3) is 11.5 Å². The number of esters is 1. The van der Waals surface area contributed by atoms with E-state index in [-0.39, 0.29) is 30.4 Å². The lowest BCUT2D eigenvalue weighted by Crippen LogP contribution is -2.43. The van der Waals surface area contributed by atoms with Crippen LogP contribution in [0.1, 0.15) is 35.2 Å². The van der Waals surface area contributed by atoms with Crippen LogP contribution in [-0.2, 0) is 16.1 Å². The van der Waals surface area contributed by atoms with E-state index in [1.165, 1.54) is 10.6 Å². The van der Waals surface area contributed by atoms with Gasteiger partial charge in [-0.05, 0) is 18.9 Å². The Balaban J connectivity index is 1.88. The molecule has 0 bridgehead atoms. The van der Waals surface area contributed by atoms with Crippen molar-refractivity contribution in [3.63, 3.8) is 0 Å². The zero-order valence-electron chi connectivity index (χ0n) is 17.7. The van der Waals surface area contributed by atoms with Gasteiger partial charge in [-0.15, -0.1) is 0 Å². The summed E-state index contributed by atoms with van der Waals surface area (Å²) in [6.07, 6.45) is 0.484. The Kier molecular flexibility index (Phi) is 6.88. The van der Waals surface area contributed by atoms with Gasteiger partial charge >= 0.3 is 11.7 Å². The molecule has 3 rings (SSSR count). The highest BCUT2D eigenvalue weighted by atomic mass is 16.6. The lowest BCUT2D eigenvalue weighted by molar-refractivity contribution is -0.121. The van der Waals surface area contributed by atoms with Gasteiger partial charge in [-0.1, -0.05) is 42.4 Å². The van der Waals surface area contributed by atoms with Gasteiger partial charge in [0.05, 0.1) is 12.2 Å². The van der Waals surface area contributed by atoms with Gasteiger partial charge in [-0.3, -0.25) is 19.1 Å². The number of nitrogen functional groups attached to an aromatic ring is 1. The number of nitrogens with one attached hydrogen (secondary N) is 1. The van der Waals surface area contributed by atoms with Crippen molar-refractivity contribution in [1.29, 1.82) is 0 Å². The molecule has 168 valence electrons. The molecule has 0 saturated carbocycles. The summed E-state index contributed by atoms with van der Waals surface area (Å²) in [6, 6.07) is 10.4. The third kappa shape index (κ3) is 4.94. The molecule has 0 saturated heterocycles. The van der Waals surface area contributed by atoms with Gasteiger partial charge in [0, 0.05) is 12.6 Å². The molecular weight excluding hydrogens is 418 g/mol. The lowest BCUT2D eigenvalue weighted by atomic mass is 10.2. The molecule has 0 spiro atoms. The van der Waals surface area contributed by atoms with Gasteiger partial charge in [0.1, 0.15) is 5.82 Å². The number of rotatable bonds is 8. The first-order chi connectivity index (χ1) is 15.3. The molecule has 0 radical (unpaired) electrons. The number of ether oxygens (including phenoxy) is 1. The van der Waals surface area contributed by atoms with Gasteiger partial charge in [-0.25, -0.2) is 9.59 Å². The van der Waals surface area contributed by atoms with E-state index in [2.05, 4.69) is 10.1 Å². The van der Waals surface area contributed by atoms with Gasteiger partial charge < -0.3 is 19.9 Å². The highest BCUT2D eigenvalue weighted by molar-refractivity contribution is 5.98. The molecule has 0 aliphatic heterocycles. The van der Waals surface area contributed by atoms with E-state index in [9.17, 15) is 19.2 Å². The predicted octanol–water partition coefficient (Wildman–Crippen LogP) is 1.06. The number of nitrogens with zero attached hydrogens (tertiary/aromatic N) is 3. The number of aromatic amines is 1. The molecule has 0 fully saturated rings. The Morgan fingerprint density at radius 2 is 1.97 bits per heavy atom. The molecule has 3 aromatic rings. The summed E-state index contributed by atoms with van der Waals surface area (Å²) in [7, 11) is 0. The molecule has 0 unspecified atom stereocenters. The quantitative estimate of drug-likeness (QED) is 0.492. The van der Waals surface area contributed by atoms with Crippen LogP contribution >= 0.6 is 0 Å². The van der Waals surface area contributed by atoms with Crippen LogP contribution in [0.5, 0.6) is 0 Å². The number of hydrogen-bond acceptors (Lipinski definition) is 8. The molecule has 2 aromatic heterocycles. The number of anilines is 2. The molecule has 1 aromatic carbocycles. The standard InChI is InChI=1S/C21H23N5O6/c1-3-9-25(16(27)12-31-20(29)15-10-13(2)24-32-15)17-18(22)26(21(30)23-19(17)28)11-14-7-5-4-6-8-14/h4-8,10H,3,9,11-12,22H2,1-2H3,(H,23,28,30). The Hall–Kier alpha value is -4.15. The molecule has 1 amide bonds. The maximum Gasteiger partial charge on any atom is 0.377 e. The number of aromatic nitrogens is 3. The van der Waals surface area contributed by atoms with Crippen molar-refractivity contribution in [3.05, 3.63) is 74.3 Å². The van der Waals surface area contributed by atoms with E-state index in [1.807, 2.05) is 6.07 Å². The van der Waals surface area contributed by atoms with Crippen LogP contribution in [0.3, 0.4) is 0 Å². The summed E-state index contributed by atoms with van der Waals surface area (Å²) in [6.45, 7) is 3.00. The average Bonchev–Trinajstić information content (AvgIpc) is 3.21. The Bertz CT molecular complexity index is 1230. The zero-order valence-corrected chi connectivity index (χ0v) is 17.7. The SMILES string of the molecule is CCCN(C(=O)COC(=O)c1cc(C)no1)c1c(N)n(Cc2ccccc2)c(=O)[nH]c1=O. The minimum absolute atomic E-state index is 0.100. The van der Waals surface area contributed by atoms with Crippen LogP contribution in [0.25, 0.3) is 0 Å². The number of nitrogens with two attached hydrogens (primary N) is 1. The minimum atomic E-state index is -0.869. The Morgan fingerprint density at radius 3 is 2.59 bits per heavy atom. The largest absolute Gasteiger partial charge is 0.450 e. The number of benzene rings is 1. The van der Waals surface area contributed by atoms with Crippen molar-refractivity contribution >= 4 is 23.4 Å². The van der Waals surface area contributed by atoms with Crippen molar-refractivity contribution in [3.8, 4) is 0 Å². The molecule has 32 heavy (non-hydrogen) atoms. The normalized spacial score (nSPS) is 10.7. The molecular formula is C21H23N5O6. The number of carbonyl (C=O) groups is 2. The van der Waals surface area contributed by atoms with Crippen LogP contribution < -0.4 is 21.9 Å². The summed E-state index contributed by atoms with van der Waals surface area (Å²) >= 11 is 0. The molecule has 2 heterocycles. The fraction of sp³-hybridized carbons (Fsp3) is 0.286. The van der Waals surface area contributed by atoms with Crippen LogP contribution in [0, 0.1) is 6.92 Å². The summed E-state index contributed by atoms with van der Waals surface area (Å²) in [5, 5.41) is 3.59. The van der Waals surface area contributed by atoms with Crippen molar-refractivity contribution in [2.45, 2.75) is 26.8 Å². The van der Waals surface area contributed by atoms with Gasteiger partial charge in [-0.2, -0.15) is 0 Å². The highest BCUT2D eigenvalue weighted by Gasteiger charge is 2.25. The maximum absolute atomic E-state index is 12.8. The number of amides is 1. The van der Waals surface area contributed by atoms with Crippen molar-refractivity contribution in [2.24, 2.45) is 0 Å². The van der Waals surface area contributed by atoms with E-state index in [0.717, 1.165) is 10.5 Å². The van der Waals surface area contributed by atoms with Gasteiger partial charge in [0.15, 0.2) is 12.3 Å². The maximum atomic E-state index is 12.8. The van der Waals surface area contributed by atoms with Crippen LogP contribution in [0.2, 0.25) is 0 Å². The van der Waals surface area contributed by atoms with E-state index in [0.29, 0.717) is 12.1 Å². The second kappa shape index (κ2) is 9.77. The molecule has 11 heteroatoms. The molecule has 0 aliphatic carbocycles. The third-order valence-electron chi connectivity index (χ3n) is 4.57. The first-order valence-electron chi connectivity index (χ1n) is 9.89. The fourth-order valence-corrected chi connectivity index (χ4v) is 3.08. The summed E-state index contributed by atoms with van der Waals surface area (Å²) in [5.74, 6) is -1.86. The highest BCUT2D eigenvalue weighted by Crippen LogP contribution is 2.18. The molecule has 3 N–H and O–H groups in total. The summed E-state index contributed by atoms with van der Waals surface area (Å²) in [5.41, 5.74) is 5.74. The Labute approximate surface area is 182 Å². The number of hydrogen-bond donors (Lipinski definition) is 2. The monoisotopic (exact) mass is 441 g/mol. The van der Waals surface area contributed by atoms with E-state index in [4.69, 9.17) is 15.0 Å². The third-order valence-corrected chi connectivity index (χ3v) is 4.57. The van der Waals surface area contributed by atoms with Crippen molar-refractivity contribution in [2.75, 3.05) is 23.8 Å². The lowest BCUT2D eigenvalue weighted by Gasteiger charge is -2.24. The molecule has 0 atom stereocenters. The van der Waals surface area contributed by atoms with E-state index >= 15 is 0 Å². The van der Waals surface area contributed by atoms with Crippen LogP contribution in [-0.4, -0.2) is 39.7 Å². The fourth-order valence-electron chi connectivity index (χ4n) is 3.08. The van der Waals surface area contributed by atoms with E-state index in [1.54, 1.807) is 38.1 Å². The molecule has 11 nitrogen and oxygen atoms in total. The first kappa shape index (κ1) is 22.5. The van der Waals surface area contributed by atoms with Crippen LogP contribution in [0.15, 0.2) is 50.5 Å². The summed E-state index contributed by atoms with van der Waals surface area (Å²) in [4.78, 5) is 53.2. The predicted molar refractivity (Wildman–Crippen MR) is 115 cm³/mol. The Morgan fingerprint density at radius 1 is 1.25 bits per heavy atom. The molecule has 0 aliphatic rings. The number of aryl methyl sites for hydroxylation is 1. The van der Waals surface area contributed by atoms with Gasteiger partial charge in [0.2, 0.25) is 5.76 Å². The number of carbonyl (C=O) groups excluding carboxylic acids is 2. The second-order valence-electron chi connectivity index (χ2n) is 7.02.